The van der Waals surface area contributed by atoms with Crippen LogP contribution in [0.1, 0.15) is 33.6 Å². The van der Waals surface area contributed by atoms with Crippen LogP contribution >= 0.6 is 35.7 Å². The number of carbonyl (C=O) groups excluding carboxylic acids is 1. The van der Waals surface area contributed by atoms with Crippen LogP contribution in [0.4, 0.5) is 4.79 Å². The van der Waals surface area contributed by atoms with Gasteiger partial charge in [0.1, 0.15) is 5.60 Å². The van der Waals surface area contributed by atoms with Crippen LogP contribution in [0.25, 0.3) is 0 Å². The number of hydrogen-bond donors (Lipinski definition) is 1. The second-order valence-electron chi connectivity index (χ2n) is 7.45. The Balaban J connectivity index is 0.00000208. The number of aliphatic imine (C=N–C) groups is 1. The van der Waals surface area contributed by atoms with Crippen molar-refractivity contribution in [1.82, 2.24) is 15.1 Å². The van der Waals surface area contributed by atoms with Gasteiger partial charge in [-0.15, -0.1) is 24.0 Å². The number of rotatable bonds is 2. The van der Waals surface area contributed by atoms with Crippen molar-refractivity contribution in [3.8, 4) is 0 Å². The van der Waals surface area contributed by atoms with E-state index in [0.29, 0.717) is 13.1 Å². The molecule has 6 nitrogen and oxygen atoms in total. The zero-order valence-electron chi connectivity index (χ0n) is 14.8. The van der Waals surface area contributed by atoms with Crippen molar-refractivity contribution < 1.29 is 9.53 Å². The first kappa shape index (κ1) is 19.9. The van der Waals surface area contributed by atoms with Gasteiger partial charge in [0, 0.05) is 31.4 Å². The molecule has 1 N–H and O–H groups in total. The lowest BCUT2D eigenvalue weighted by Crippen LogP contribution is -2.57. The lowest BCUT2D eigenvalue weighted by Gasteiger charge is -2.39. The van der Waals surface area contributed by atoms with E-state index in [9.17, 15) is 4.79 Å². The minimum Gasteiger partial charge on any atom is -0.444 e. The third-order valence-corrected chi connectivity index (χ3v) is 5.77. The van der Waals surface area contributed by atoms with Gasteiger partial charge in [-0.25, -0.2) is 4.79 Å². The first-order chi connectivity index (χ1) is 10.9. The molecule has 3 aliphatic rings. The van der Waals surface area contributed by atoms with Crippen molar-refractivity contribution in [3.63, 3.8) is 0 Å². The highest BCUT2D eigenvalue weighted by Gasteiger charge is 2.36. The summed E-state index contributed by atoms with van der Waals surface area (Å²) in [6, 6.07) is 0.287. The first-order valence-corrected chi connectivity index (χ1v) is 9.62. The normalized spacial score (nSPS) is 26.5. The average molecular weight is 468 g/mol. The zero-order chi connectivity index (χ0) is 16.4. The molecule has 2 fully saturated rings. The molecule has 1 amide bonds. The Morgan fingerprint density at radius 3 is 2.88 bits per heavy atom. The molecule has 8 heteroatoms. The summed E-state index contributed by atoms with van der Waals surface area (Å²) < 4.78 is 5.48. The Bertz CT molecular complexity index is 477. The van der Waals surface area contributed by atoms with Crippen molar-refractivity contribution in [2.45, 2.75) is 50.5 Å². The molecule has 0 aromatic heterocycles. The smallest absolute Gasteiger partial charge is 0.410 e. The highest BCUT2D eigenvalue weighted by molar-refractivity contribution is 14.0. The number of hydrogen-bond acceptors (Lipinski definition) is 6. The summed E-state index contributed by atoms with van der Waals surface area (Å²) in [7, 11) is 0. The Kier molecular flexibility index (Phi) is 6.92. The molecule has 0 spiro atoms. The molecule has 3 rings (SSSR count). The number of fused-ring (bicyclic) bond motifs is 1. The van der Waals surface area contributed by atoms with E-state index in [2.05, 4.69) is 27.0 Å². The number of ether oxygens (including phenoxy) is 1. The van der Waals surface area contributed by atoms with E-state index >= 15 is 0 Å². The minimum atomic E-state index is -0.438. The highest BCUT2D eigenvalue weighted by atomic mass is 127. The average Bonchev–Trinajstić information content (AvgIpc) is 3.12. The monoisotopic (exact) mass is 468 g/mol. The van der Waals surface area contributed by atoms with Crippen LogP contribution in [0.15, 0.2) is 4.99 Å². The van der Waals surface area contributed by atoms with Gasteiger partial charge in [0.05, 0.1) is 12.6 Å². The lowest BCUT2D eigenvalue weighted by molar-refractivity contribution is 0.0137. The summed E-state index contributed by atoms with van der Waals surface area (Å²) in [5, 5.41) is 4.25. The number of halogens is 1. The molecule has 0 saturated carbocycles. The number of carbonyl (C=O) groups is 1. The third-order valence-electron chi connectivity index (χ3n) is 4.37. The second kappa shape index (κ2) is 8.33. The SMILES string of the molecule is CC(C)(C)OC(=O)N1CCN2C(NCC3CCCS3)=NCC2C1.I. The van der Waals surface area contributed by atoms with Crippen LogP contribution in [0.5, 0.6) is 0 Å². The minimum absolute atomic E-state index is 0. The fourth-order valence-electron chi connectivity index (χ4n) is 3.23. The molecule has 2 atom stereocenters. The molecular formula is C16H29IN4O2S. The fourth-order valence-corrected chi connectivity index (χ4v) is 4.43. The molecule has 3 aliphatic heterocycles. The van der Waals surface area contributed by atoms with Gasteiger partial charge in [-0.1, -0.05) is 0 Å². The molecule has 2 saturated heterocycles. The largest absolute Gasteiger partial charge is 0.444 e. The predicted octanol–water partition coefficient (Wildman–Crippen LogP) is 2.38. The third kappa shape index (κ3) is 5.06. The first-order valence-electron chi connectivity index (χ1n) is 8.57. The summed E-state index contributed by atoms with van der Waals surface area (Å²) in [6.07, 6.45) is 2.43. The number of piperazine rings is 1. The van der Waals surface area contributed by atoms with E-state index in [-0.39, 0.29) is 36.1 Å². The standard InChI is InChI=1S/C16H28N4O2S.HI/c1-16(2,3)22-15(21)19-6-7-20-12(11-19)9-17-14(20)18-10-13-5-4-8-23-13;/h12-13H,4-11H2,1-3H3,(H,17,18);1H. The van der Waals surface area contributed by atoms with Crippen LogP contribution < -0.4 is 5.32 Å². The Morgan fingerprint density at radius 1 is 1.42 bits per heavy atom. The fraction of sp³-hybridized carbons (Fsp3) is 0.875. The van der Waals surface area contributed by atoms with E-state index in [0.717, 1.165) is 30.8 Å². The number of nitrogens with zero attached hydrogens (tertiary/aromatic N) is 3. The van der Waals surface area contributed by atoms with Crippen LogP contribution in [-0.4, -0.2) is 77.2 Å². The van der Waals surface area contributed by atoms with Crippen LogP contribution in [0.3, 0.4) is 0 Å². The summed E-state index contributed by atoms with van der Waals surface area (Å²) in [4.78, 5) is 21.0. The van der Waals surface area contributed by atoms with Crippen LogP contribution in [0.2, 0.25) is 0 Å². The van der Waals surface area contributed by atoms with Crippen LogP contribution in [-0.2, 0) is 4.74 Å². The van der Waals surface area contributed by atoms with Gasteiger partial charge < -0.3 is 19.9 Å². The summed E-state index contributed by atoms with van der Waals surface area (Å²) in [6.45, 7) is 9.70. The lowest BCUT2D eigenvalue weighted by atomic mass is 10.2. The molecule has 0 bridgehead atoms. The summed E-state index contributed by atoms with van der Waals surface area (Å²) >= 11 is 2.06. The van der Waals surface area contributed by atoms with Crippen molar-refractivity contribution in [2.24, 2.45) is 4.99 Å². The number of amides is 1. The van der Waals surface area contributed by atoms with Crippen molar-refractivity contribution in [1.29, 1.82) is 0 Å². The van der Waals surface area contributed by atoms with Crippen LogP contribution in [0, 0.1) is 0 Å². The highest BCUT2D eigenvalue weighted by Crippen LogP contribution is 2.25. The molecular weight excluding hydrogens is 439 g/mol. The van der Waals surface area contributed by atoms with E-state index in [4.69, 9.17) is 4.74 Å². The van der Waals surface area contributed by atoms with E-state index < -0.39 is 5.60 Å². The molecule has 0 radical (unpaired) electrons. The van der Waals surface area contributed by atoms with Gasteiger partial charge in [0.25, 0.3) is 0 Å². The molecule has 138 valence electrons. The van der Waals surface area contributed by atoms with Gasteiger partial charge in [-0.2, -0.15) is 11.8 Å². The maximum atomic E-state index is 12.2. The van der Waals surface area contributed by atoms with Gasteiger partial charge in [0.2, 0.25) is 0 Å². The molecule has 2 unspecified atom stereocenters. The molecule has 0 aliphatic carbocycles. The van der Waals surface area contributed by atoms with E-state index in [1.807, 2.05) is 25.7 Å². The number of nitrogens with one attached hydrogen (secondary N) is 1. The molecule has 0 aromatic carbocycles. The summed E-state index contributed by atoms with van der Waals surface area (Å²) in [5.41, 5.74) is -0.438. The van der Waals surface area contributed by atoms with E-state index in [1.165, 1.54) is 18.6 Å². The topological polar surface area (TPSA) is 57.2 Å². The number of thioether (sulfide) groups is 1. The van der Waals surface area contributed by atoms with Gasteiger partial charge in [-0.3, -0.25) is 4.99 Å². The van der Waals surface area contributed by atoms with Gasteiger partial charge in [-0.05, 0) is 39.4 Å². The van der Waals surface area contributed by atoms with Crippen molar-refractivity contribution >= 4 is 47.8 Å². The number of guanidine groups is 1. The predicted molar refractivity (Wildman–Crippen MR) is 110 cm³/mol. The van der Waals surface area contributed by atoms with E-state index in [1.54, 1.807) is 0 Å². The Labute approximate surface area is 166 Å². The van der Waals surface area contributed by atoms with Crippen molar-refractivity contribution in [3.05, 3.63) is 0 Å². The maximum absolute atomic E-state index is 12.2. The van der Waals surface area contributed by atoms with Gasteiger partial charge >= 0.3 is 6.09 Å². The summed E-state index contributed by atoms with van der Waals surface area (Å²) in [5.74, 6) is 2.31. The Hall–Kier alpha value is -0.380. The maximum Gasteiger partial charge on any atom is 0.410 e. The Morgan fingerprint density at radius 2 is 2.21 bits per heavy atom. The molecule has 0 aromatic rings. The van der Waals surface area contributed by atoms with Gasteiger partial charge in [0.15, 0.2) is 5.96 Å². The quantitative estimate of drug-likeness (QED) is 0.631. The van der Waals surface area contributed by atoms with Crippen molar-refractivity contribution in [2.75, 3.05) is 38.5 Å². The molecule has 3 heterocycles. The second-order valence-corrected chi connectivity index (χ2v) is 8.86. The molecule has 24 heavy (non-hydrogen) atoms. The zero-order valence-corrected chi connectivity index (χ0v) is 17.9.